The third-order valence-corrected chi connectivity index (χ3v) is 4.03. The number of rotatable bonds is 5. The van der Waals surface area contributed by atoms with Crippen molar-refractivity contribution in [1.29, 1.82) is 0 Å². The Balaban J connectivity index is 1.86. The first-order valence-electron chi connectivity index (χ1n) is 7.15. The molecule has 0 aliphatic rings. The highest BCUT2D eigenvalue weighted by molar-refractivity contribution is 9.10. The number of thiocarbonyl (C=S) groups is 1. The maximum absolute atomic E-state index is 11.9. The number of anilines is 1. The Morgan fingerprint density at radius 2 is 2.00 bits per heavy atom. The van der Waals surface area contributed by atoms with Gasteiger partial charge in [-0.2, -0.15) is 0 Å². The molecule has 0 radical (unpaired) electrons. The van der Waals surface area contributed by atoms with Crippen molar-refractivity contribution in [3.05, 3.63) is 57.5 Å². The van der Waals surface area contributed by atoms with E-state index >= 15 is 0 Å². The minimum atomic E-state index is -0.431. The number of halogens is 2. The normalized spacial score (nSPS) is 10.0. The summed E-state index contributed by atoms with van der Waals surface area (Å²) in [6.07, 6.45) is 0. The number of carbonyl (C=O) groups is 2. The van der Waals surface area contributed by atoms with Gasteiger partial charge in [-0.05, 0) is 49.5 Å². The van der Waals surface area contributed by atoms with Crippen LogP contribution in [-0.4, -0.2) is 23.4 Å². The fourth-order valence-electron chi connectivity index (χ4n) is 1.88. The molecule has 130 valence electrons. The van der Waals surface area contributed by atoms with Gasteiger partial charge in [0.05, 0.1) is 5.02 Å². The van der Waals surface area contributed by atoms with Crippen LogP contribution in [0.5, 0.6) is 5.75 Å². The molecule has 0 bridgehead atoms. The molecule has 2 rings (SSSR count). The molecule has 5 nitrogen and oxygen atoms in total. The van der Waals surface area contributed by atoms with E-state index in [0.717, 1.165) is 4.47 Å². The van der Waals surface area contributed by atoms with Gasteiger partial charge in [-0.25, -0.2) is 0 Å². The third kappa shape index (κ3) is 6.12. The fraction of sp³-hybridized carbons (Fsp3) is 0.118. The first-order valence-corrected chi connectivity index (χ1v) is 8.73. The van der Waals surface area contributed by atoms with E-state index in [4.69, 9.17) is 28.6 Å². The van der Waals surface area contributed by atoms with Crippen LogP contribution >= 0.6 is 39.7 Å². The predicted octanol–water partition coefficient (Wildman–Crippen LogP) is 4.20. The summed E-state index contributed by atoms with van der Waals surface area (Å²) in [5.41, 5.74) is 1.15. The summed E-state index contributed by atoms with van der Waals surface area (Å²) >= 11 is 14.4. The van der Waals surface area contributed by atoms with Gasteiger partial charge >= 0.3 is 0 Å². The molecule has 25 heavy (non-hydrogen) atoms. The molecule has 0 saturated heterocycles. The Bertz CT molecular complexity index is 829. The van der Waals surface area contributed by atoms with Crippen LogP contribution in [0.3, 0.4) is 0 Å². The number of ether oxygens (including phenoxy) is 1. The first-order chi connectivity index (χ1) is 11.8. The van der Waals surface area contributed by atoms with Gasteiger partial charge in [-0.3, -0.25) is 14.9 Å². The smallest absolute Gasteiger partial charge is 0.264 e. The molecular formula is C17H14BrClN2O3S. The molecule has 2 N–H and O–H groups in total. The summed E-state index contributed by atoms with van der Waals surface area (Å²) in [4.78, 5) is 23.3. The van der Waals surface area contributed by atoms with Crippen molar-refractivity contribution in [3.63, 3.8) is 0 Å². The molecular weight excluding hydrogens is 428 g/mol. The first kappa shape index (κ1) is 19.4. The number of hydrogen-bond acceptors (Lipinski definition) is 4. The van der Waals surface area contributed by atoms with E-state index in [1.54, 1.807) is 42.5 Å². The second kappa shape index (κ2) is 8.94. The molecule has 0 aromatic heterocycles. The zero-order valence-electron chi connectivity index (χ0n) is 13.1. The van der Waals surface area contributed by atoms with Gasteiger partial charge in [0, 0.05) is 15.7 Å². The lowest BCUT2D eigenvalue weighted by atomic mass is 10.1. The third-order valence-electron chi connectivity index (χ3n) is 3.03. The zero-order chi connectivity index (χ0) is 18.4. The monoisotopic (exact) mass is 440 g/mol. The molecule has 2 aromatic carbocycles. The number of amides is 1. The fourth-order valence-corrected chi connectivity index (χ4v) is 2.84. The van der Waals surface area contributed by atoms with E-state index < -0.39 is 5.91 Å². The lowest BCUT2D eigenvalue weighted by Crippen LogP contribution is -2.37. The molecule has 0 heterocycles. The summed E-state index contributed by atoms with van der Waals surface area (Å²) < 4.78 is 6.17. The van der Waals surface area contributed by atoms with E-state index in [0.29, 0.717) is 22.0 Å². The summed E-state index contributed by atoms with van der Waals surface area (Å²) in [6.45, 7) is 1.24. The predicted molar refractivity (Wildman–Crippen MR) is 105 cm³/mol. The van der Waals surface area contributed by atoms with Gasteiger partial charge in [0.2, 0.25) is 0 Å². The molecule has 0 aliphatic heterocycles. The quantitative estimate of drug-likeness (QED) is 0.538. The van der Waals surface area contributed by atoms with Gasteiger partial charge in [0.25, 0.3) is 5.91 Å². The Labute approximate surface area is 163 Å². The van der Waals surface area contributed by atoms with Gasteiger partial charge in [0.1, 0.15) is 5.75 Å². The van der Waals surface area contributed by atoms with E-state index in [-0.39, 0.29) is 17.5 Å². The molecule has 1 amide bonds. The van der Waals surface area contributed by atoms with E-state index in [1.165, 1.54) is 6.92 Å². The average Bonchev–Trinajstić information content (AvgIpc) is 2.54. The summed E-state index contributed by atoms with van der Waals surface area (Å²) in [5.74, 6) is -0.0920. The average molecular weight is 442 g/mol. The summed E-state index contributed by atoms with van der Waals surface area (Å²) in [7, 11) is 0. The number of benzene rings is 2. The van der Waals surface area contributed by atoms with E-state index in [1.807, 2.05) is 0 Å². The highest BCUT2D eigenvalue weighted by Crippen LogP contribution is 2.27. The minimum absolute atomic E-state index is 0.0571. The largest absolute Gasteiger partial charge is 0.482 e. The number of Topliss-reactive ketones (excluding diaryl/α,β-unsaturated/α-hetero) is 1. The highest BCUT2D eigenvalue weighted by atomic mass is 79.9. The van der Waals surface area contributed by atoms with Gasteiger partial charge < -0.3 is 10.1 Å². The Morgan fingerprint density at radius 3 is 2.68 bits per heavy atom. The molecule has 0 aliphatic carbocycles. The summed E-state index contributed by atoms with van der Waals surface area (Å²) in [5, 5.41) is 5.84. The zero-order valence-corrected chi connectivity index (χ0v) is 16.3. The molecule has 0 unspecified atom stereocenters. The van der Waals surface area contributed by atoms with Crippen LogP contribution in [0.25, 0.3) is 0 Å². The van der Waals surface area contributed by atoms with Crippen molar-refractivity contribution in [1.82, 2.24) is 5.32 Å². The van der Waals surface area contributed by atoms with E-state index in [9.17, 15) is 9.59 Å². The molecule has 0 spiro atoms. The Kier molecular flexibility index (Phi) is 6.92. The van der Waals surface area contributed by atoms with Crippen molar-refractivity contribution in [2.45, 2.75) is 6.92 Å². The van der Waals surface area contributed by atoms with Crippen LogP contribution in [0.1, 0.15) is 17.3 Å². The van der Waals surface area contributed by atoms with Crippen LogP contribution in [-0.2, 0) is 4.79 Å². The van der Waals surface area contributed by atoms with Crippen molar-refractivity contribution in [3.8, 4) is 5.75 Å². The van der Waals surface area contributed by atoms with Crippen molar-refractivity contribution in [2.75, 3.05) is 11.9 Å². The lowest BCUT2D eigenvalue weighted by molar-refractivity contribution is -0.121. The number of hydrogen-bond donors (Lipinski definition) is 2. The van der Waals surface area contributed by atoms with Gasteiger partial charge in [-0.1, -0.05) is 39.7 Å². The SMILES string of the molecule is CC(=O)c1cccc(NC(=S)NC(=O)COc2ccc(Br)cc2Cl)c1. The van der Waals surface area contributed by atoms with Gasteiger partial charge in [0.15, 0.2) is 17.5 Å². The van der Waals surface area contributed by atoms with Crippen molar-refractivity contribution < 1.29 is 14.3 Å². The van der Waals surface area contributed by atoms with Crippen LogP contribution in [0, 0.1) is 0 Å². The highest BCUT2D eigenvalue weighted by Gasteiger charge is 2.09. The topological polar surface area (TPSA) is 67.4 Å². The number of nitrogens with one attached hydrogen (secondary N) is 2. The number of carbonyl (C=O) groups excluding carboxylic acids is 2. The Morgan fingerprint density at radius 1 is 1.24 bits per heavy atom. The number of ketones is 1. The molecule has 0 atom stereocenters. The Hall–Kier alpha value is -1.96. The molecule has 0 saturated carbocycles. The second-order valence-electron chi connectivity index (χ2n) is 5.00. The van der Waals surface area contributed by atoms with Crippen molar-refractivity contribution >= 4 is 62.2 Å². The summed E-state index contributed by atoms with van der Waals surface area (Å²) in [6, 6.07) is 11.9. The van der Waals surface area contributed by atoms with E-state index in [2.05, 4.69) is 26.6 Å². The van der Waals surface area contributed by atoms with Crippen LogP contribution in [0.4, 0.5) is 5.69 Å². The second-order valence-corrected chi connectivity index (χ2v) is 6.73. The van der Waals surface area contributed by atoms with Crippen LogP contribution in [0.2, 0.25) is 5.02 Å². The minimum Gasteiger partial charge on any atom is -0.482 e. The maximum Gasteiger partial charge on any atom is 0.264 e. The lowest BCUT2D eigenvalue weighted by Gasteiger charge is -2.11. The van der Waals surface area contributed by atoms with Crippen molar-refractivity contribution in [2.24, 2.45) is 0 Å². The van der Waals surface area contributed by atoms with Gasteiger partial charge in [-0.15, -0.1) is 0 Å². The molecule has 8 heteroatoms. The molecule has 0 fully saturated rings. The van der Waals surface area contributed by atoms with Crippen LogP contribution < -0.4 is 15.4 Å². The molecule has 2 aromatic rings. The standard InChI is InChI=1S/C17H14BrClN2O3S/c1-10(22)11-3-2-4-13(7-11)20-17(25)21-16(23)9-24-15-6-5-12(18)8-14(15)19/h2-8H,9H2,1H3,(H2,20,21,23,25). The van der Waals surface area contributed by atoms with Crippen LogP contribution in [0.15, 0.2) is 46.9 Å². The maximum atomic E-state index is 11.9.